The van der Waals surface area contributed by atoms with Gasteiger partial charge in [-0.2, -0.15) is 0 Å². The van der Waals surface area contributed by atoms with Crippen molar-refractivity contribution < 1.29 is 16.8 Å². The number of nitrogens with zero attached hydrogens (tertiary/aromatic N) is 1. The number of nitrogens with one attached hydrogen (secondary N) is 1. The molecule has 0 radical (unpaired) electrons. The van der Waals surface area contributed by atoms with E-state index in [1.165, 1.54) is 15.6 Å². The lowest BCUT2D eigenvalue weighted by Crippen LogP contribution is -2.49. The van der Waals surface area contributed by atoms with E-state index in [4.69, 9.17) is 0 Å². The molecule has 0 bridgehead atoms. The highest BCUT2D eigenvalue weighted by atomic mass is 32.2. The molecule has 0 aliphatic carbocycles. The van der Waals surface area contributed by atoms with Gasteiger partial charge in [-0.1, -0.05) is 6.92 Å². The fraction of sp³-hybridized carbons (Fsp3) is 0.667. The van der Waals surface area contributed by atoms with Crippen LogP contribution in [0.1, 0.15) is 24.6 Å². The van der Waals surface area contributed by atoms with Crippen LogP contribution in [0.2, 0.25) is 0 Å². The molecular formula is C12H20N2O4S3. The van der Waals surface area contributed by atoms with Gasteiger partial charge < -0.3 is 0 Å². The Morgan fingerprint density at radius 3 is 2.62 bits per heavy atom. The monoisotopic (exact) mass is 352 g/mol. The Morgan fingerprint density at radius 1 is 1.33 bits per heavy atom. The topological polar surface area (TPSA) is 83.6 Å². The molecule has 1 atom stereocenters. The van der Waals surface area contributed by atoms with E-state index >= 15 is 0 Å². The molecule has 1 N–H and O–H groups in total. The largest absolute Gasteiger partial charge is 0.250 e. The summed E-state index contributed by atoms with van der Waals surface area (Å²) in [6, 6.07) is 3.04. The minimum atomic E-state index is -3.57. The lowest BCUT2D eigenvalue weighted by molar-refractivity contribution is 0.305. The smallest absolute Gasteiger partial charge is 0.213 e. The second-order valence-corrected chi connectivity index (χ2v) is 10.2. The Hall–Kier alpha value is -0.480. The van der Waals surface area contributed by atoms with Gasteiger partial charge in [0.2, 0.25) is 20.0 Å². The fourth-order valence-corrected chi connectivity index (χ4v) is 5.80. The Balaban J connectivity index is 2.09. The van der Waals surface area contributed by atoms with Gasteiger partial charge in [-0.05, 0) is 31.4 Å². The van der Waals surface area contributed by atoms with Crippen LogP contribution in [0.15, 0.2) is 16.3 Å². The van der Waals surface area contributed by atoms with Crippen molar-refractivity contribution in [3.8, 4) is 0 Å². The molecule has 1 aliphatic rings. The zero-order valence-corrected chi connectivity index (χ0v) is 14.5. The summed E-state index contributed by atoms with van der Waals surface area (Å²) in [6.45, 7) is 2.63. The van der Waals surface area contributed by atoms with Crippen LogP contribution in [-0.4, -0.2) is 46.5 Å². The summed E-state index contributed by atoms with van der Waals surface area (Å²) in [4.78, 5) is 1.01. The molecule has 9 heteroatoms. The first-order valence-electron chi connectivity index (χ1n) is 6.78. The standard InChI is InChI=1S/C12H20N2O4S3/c1-3-11-6-7-12(19-11)21(17,18)13-10-5-4-8-14(9-10)20(2,15)16/h6-7,10,13H,3-5,8-9H2,1-2H3. The molecule has 120 valence electrons. The van der Waals surface area contributed by atoms with E-state index in [1.807, 2.05) is 13.0 Å². The molecule has 0 aromatic carbocycles. The quantitative estimate of drug-likeness (QED) is 0.857. The van der Waals surface area contributed by atoms with E-state index in [1.54, 1.807) is 6.07 Å². The Morgan fingerprint density at radius 2 is 2.05 bits per heavy atom. The summed E-state index contributed by atoms with van der Waals surface area (Å²) in [6.07, 6.45) is 3.25. The number of hydrogen-bond acceptors (Lipinski definition) is 5. The first-order valence-corrected chi connectivity index (χ1v) is 10.9. The van der Waals surface area contributed by atoms with Crippen LogP contribution in [0.3, 0.4) is 0 Å². The summed E-state index contributed by atoms with van der Waals surface area (Å²) in [5, 5.41) is 0. The predicted molar refractivity (Wildman–Crippen MR) is 83.5 cm³/mol. The van der Waals surface area contributed by atoms with Gasteiger partial charge in [0.15, 0.2) is 0 Å². The van der Waals surface area contributed by atoms with Gasteiger partial charge in [0.1, 0.15) is 4.21 Å². The van der Waals surface area contributed by atoms with Crippen LogP contribution in [0.25, 0.3) is 0 Å². The molecule has 1 aromatic heterocycles. The minimum absolute atomic E-state index is 0.198. The van der Waals surface area contributed by atoms with E-state index in [2.05, 4.69) is 4.72 Å². The van der Waals surface area contributed by atoms with Gasteiger partial charge in [-0.3, -0.25) is 0 Å². The summed E-state index contributed by atoms with van der Waals surface area (Å²) in [5.74, 6) is 0. The van der Waals surface area contributed by atoms with Crippen molar-refractivity contribution in [2.75, 3.05) is 19.3 Å². The van der Waals surface area contributed by atoms with Crippen LogP contribution in [-0.2, 0) is 26.5 Å². The number of sulfonamides is 2. The van der Waals surface area contributed by atoms with Crippen molar-refractivity contribution in [3.05, 3.63) is 17.0 Å². The van der Waals surface area contributed by atoms with E-state index in [9.17, 15) is 16.8 Å². The molecule has 21 heavy (non-hydrogen) atoms. The lowest BCUT2D eigenvalue weighted by Gasteiger charge is -2.31. The highest BCUT2D eigenvalue weighted by molar-refractivity contribution is 7.91. The zero-order chi connectivity index (χ0) is 15.7. The maximum Gasteiger partial charge on any atom is 0.250 e. The van der Waals surface area contributed by atoms with E-state index < -0.39 is 20.0 Å². The third-order valence-corrected chi connectivity index (χ3v) is 7.94. The summed E-state index contributed by atoms with van der Waals surface area (Å²) in [7, 11) is -6.85. The minimum Gasteiger partial charge on any atom is -0.213 e. The number of rotatable bonds is 5. The van der Waals surface area contributed by atoms with Gasteiger partial charge >= 0.3 is 0 Å². The van der Waals surface area contributed by atoms with Crippen molar-refractivity contribution in [1.29, 1.82) is 0 Å². The molecule has 1 saturated heterocycles. The SMILES string of the molecule is CCc1ccc(S(=O)(=O)NC2CCCN(S(C)(=O)=O)C2)s1. The first kappa shape index (κ1) is 16.9. The van der Waals surface area contributed by atoms with Crippen molar-refractivity contribution in [2.24, 2.45) is 0 Å². The maximum absolute atomic E-state index is 12.3. The first-order chi connectivity index (χ1) is 9.72. The number of thiophene rings is 1. The molecule has 6 nitrogen and oxygen atoms in total. The van der Waals surface area contributed by atoms with Gasteiger partial charge in [-0.25, -0.2) is 25.9 Å². The second kappa shape index (κ2) is 6.33. The Bertz CT molecular complexity index is 694. The average molecular weight is 353 g/mol. The van der Waals surface area contributed by atoms with Gasteiger partial charge in [-0.15, -0.1) is 11.3 Å². The highest BCUT2D eigenvalue weighted by Crippen LogP contribution is 2.23. The molecule has 1 unspecified atom stereocenters. The second-order valence-electron chi connectivity index (χ2n) is 5.16. The normalized spacial score (nSPS) is 21.5. The van der Waals surface area contributed by atoms with Gasteiger partial charge in [0.25, 0.3) is 0 Å². The molecule has 1 aliphatic heterocycles. The number of aryl methyl sites for hydroxylation is 1. The fourth-order valence-electron chi connectivity index (χ4n) is 2.31. The van der Waals surface area contributed by atoms with Crippen LogP contribution in [0.4, 0.5) is 0 Å². The lowest BCUT2D eigenvalue weighted by atomic mass is 10.1. The molecule has 0 amide bonds. The summed E-state index contributed by atoms with van der Waals surface area (Å²) >= 11 is 1.25. The maximum atomic E-state index is 12.3. The van der Waals surface area contributed by atoms with Crippen LogP contribution in [0.5, 0.6) is 0 Å². The molecule has 1 aromatic rings. The Kier molecular flexibility index (Phi) is 5.09. The van der Waals surface area contributed by atoms with Crippen molar-refractivity contribution in [2.45, 2.75) is 36.4 Å². The third-order valence-electron chi connectivity index (χ3n) is 3.43. The van der Waals surface area contributed by atoms with Crippen LogP contribution >= 0.6 is 11.3 Å². The van der Waals surface area contributed by atoms with Crippen molar-refractivity contribution >= 4 is 31.4 Å². The van der Waals surface area contributed by atoms with E-state index in [-0.39, 0.29) is 16.8 Å². The van der Waals surface area contributed by atoms with Crippen LogP contribution < -0.4 is 4.72 Å². The van der Waals surface area contributed by atoms with Crippen molar-refractivity contribution in [1.82, 2.24) is 9.03 Å². The average Bonchev–Trinajstić information content (AvgIpc) is 2.87. The van der Waals surface area contributed by atoms with E-state index in [0.717, 1.165) is 17.6 Å². The van der Waals surface area contributed by atoms with Gasteiger partial charge in [0, 0.05) is 24.0 Å². The molecular weight excluding hydrogens is 332 g/mol. The molecule has 2 rings (SSSR count). The zero-order valence-electron chi connectivity index (χ0n) is 12.1. The molecule has 0 spiro atoms. The molecule has 0 saturated carbocycles. The predicted octanol–water partition coefficient (Wildman–Crippen LogP) is 1.01. The number of piperidine rings is 1. The number of hydrogen-bond donors (Lipinski definition) is 1. The summed E-state index contributed by atoms with van der Waals surface area (Å²) in [5.41, 5.74) is 0. The van der Waals surface area contributed by atoms with Crippen LogP contribution in [0, 0.1) is 0 Å². The third kappa shape index (κ3) is 4.26. The Labute approximate surface area is 130 Å². The van der Waals surface area contributed by atoms with Crippen molar-refractivity contribution in [3.63, 3.8) is 0 Å². The molecule has 2 heterocycles. The summed E-state index contributed by atoms with van der Waals surface area (Å²) < 4.78 is 52.0. The van der Waals surface area contributed by atoms with E-state index in [0.29, 0.717) is 19.4 Å². The molecule has 1 fully saturated rings. The highest BCUT2D eigenvalue weighted by Gasteiger charge is 2.29. The van der Waals surface area contributed by atoms with Gasteiger partial charge in [0.05, 0.1) is 6.26 Å².